The van der Waals surface area contributed by atoms with E-state index >= 15 is 0 Å². The Morgan fingerprint density at radius 1 is 0.652 bits per heavy atom. The van der Waals surface area contributed by atoms with Gasteiger partial charge in [0.2, 0.25) is 0 Å². The van der Waals surface area contributed by atoms with Crippen LogP contribution in [0.25, 0.3) is 12.2 Å². The third-order valence-electron chi connectivity index (χ3n) is 5.37. The van der Waals surface area contributed by atoms with Crippen molar-refractivity contribution in [2.45, 2.75) is 24.3 Å². The lowest BCUT2D eigenvalue weighted by atomic mass is 10.1. The lowest BCUT2D eigenvalue weighted by molar-refractivity contribution is 1.06. The van der Waals surface area contributed by atoms with Crippen LogP contribution in [-0.4, -0.2) is 12.5 Å². The molecule has 0 radical (unpaired) electrons. The highest BCUT2D eigenvalue weighted by atomic mass is 32.3. The summed E-state index contributed by atoms with van der Waals surface area (Å²) in [7, 11) is -0.900. The lowest BCUT2D eigenvalue weighted by Crippen LogP contribution is -2.16. The summed E-state index contributed by atoms with van der Waals surface area (Å²) >= 11 is 0. The van der Waals surface area contributed by atoms with Gasteiger partial charge in [0.05, 0.1) is 0 Å². The number of fused-ring (bicyclic) bond motifs is 2. The monoisotopic (exact) mass is 320 g/mol. The second-order valence-electron chi connectivity index (χ2n) is 7.28. The van der Waals surface area contributed by atoms with E-state index in [2.05, 4.69) is 87.0 Å². The Morgan fingerprint density at radius 3 is 1.48 bits per heavy atom. The summed E-state index contributed by atoms with van der Waals surface area (Å²) in [5, 5.41) is 1.14. The van der Waals surface area contributed by atoms with E-state index in [-0.39, 0.29) is 0 Å². The van der Waals surface area contributed by atoms with E-state index in [0.29, 0.717) is 10.5 Å². The molecule has 0 saturated heterocycles. The third-order valence-corrected chi connectivity index (χ3v) is 9.05. The first-order chi connectivity index (χ1) is 11.0. The van der Waals surface area contributed by atoms with E-state index in [1.165, 1.54) is 33.4 Å². The van der Waals surface area contributed by atoms with Crippen LogP contribution in [0.4, 0.5) is 0 Å². The molecule has 4 rings (SSSR count). The average molecular weight is 321 g/mol. The highest BCUT2D eigenvalue weighted by Gasteiger charge is 2.41. The maximum Gasteiger partial charge on any atom is 0.0361 e. The molecule has 2 unspecified atom stereocenters. The molecule has 1 heteroatoms. The third kappa shape index (κ3) is 2.14. The molecule has 0 saturated carbocycles. The van der Waals surface area contributed by atoms with Crippen molar-refractivity contribution in [1.29, 1.82) is 0 Å². The molecule has 23 heavy (non-hydrogen) atoms. The van der Waals surface area contributed by atoms with Crippen molar-refractivity contribution >= 4 is 22.2 Å². The van der Waals surface area contributed by atoms with Crippen LogP contribution < -0.4 is 0 Å². The first-order valence-corrected chi connectivity index (χ1v) is 10.8. The highest BCUT2D eigenvalue weighted by molar-refractivity contribution is 8.33. The smallest absolute Gasteiger partial charge is 0.0361 e. The van der Waals surface area contributed by atoms with Crippen molar-refractivity contribution in [3.05, 3.63) is 81.9 Å². The molecular weight excluding hydrogens is 296 g/mol. The van der Waals surface area contributed by atoms with Crippen molar-refractivity contribution in [3.63, 3.8) is 0 Å². The van der Waals surface area contributed by atoms with Crippen molar-refractivity contribution < 1.29 is 0 Å². The van der Waals surface area contributed by atoms with Crippen LogP contribution in [0.2, 0.25) is 0 Å². The average Bonchev–Trinajstić information content (AvgIpc) is 3.02. The Bertz CT molecular complexity index is 769. The van der Waals surface area contributed by atoms with E-state index in [9.17, 15) is 0 Å². The minimum atomic E-state index is -0.900. The van der Waals surface area contributed by atoms with Crippen LogP contribution in [0, 0.1) is 0 Å². The van der Waals surface area contributed by atoms with Gasteiger partial charge in [0.25, 0.3) is 0 Å². The number of rotatable bonds is 2. The van der Waals surface area contributed by atoms with E-state index in [1.807, 2.05) is 0 Å². The Balaban J connectivity index is 1.84. The standard InChI is InChI=1S/C22H24S/c1-15-13-17-9-5-7-11-19(17)21(15)23(3,4)22-16(2)14-18-10-6-8-12-20(18)22/h5-14,21-22H,1-4H3. The summed E-state index contributed by atoms with van der Waals surface area (Å²) < 4.78 is 0. The predicted octanol–water partition coefficient (Wildman–Crippen LogP) is 6.37. The quantitative estimate of drug-likeness (QED) is 0.603. The largest absolute Gasteiger partial charge is 0.226 e. The summed E-state index contributed by atoms with van der Waals surface area (Å²) in [4.78, 5) is 0. The molecule has 0 bridgehead atoms. The van der Waals surface area contributed by atoms with E-state index < -0.39 is 10.0 Å². The predicted molar refractivity (Wildman–Crippen MR) is 105 cm³/mol. The van der Waals surface area contributed by atoms with Crippen molar-refractivity contribution in [2.24, 2.45) is 0 Å². The molecule has 2 aromatic rings. The maximum absolute atomic E-state index is 2.53. The zero-order valence-corrected chi connectivity index (χ0v) is 15.2. The number of hydrogen-bond donors (Lipinski definition) is 0. The molecular formula is C22H24S. The number of hydrogen-bond acceptors (Lipinski definition) is 0. The van der Waals surface area contributed by atoms with Crippen LogP contribution in [0.1, 0.15) is 46.6 Å². The van der Waals surface area contributed by atoms with Gasteiger partial charge in [-0.05, 0) is 48.6 Å². The van der Waals surface area contributed by atoms with Gasteiger partial charge in [-0.2, -0.15) is 0 Å². The summed E-state index contributed by atoms with van der Waals surface area (Å²) in [6.07, 6.45) is 9.85. The summed E-state index contributed by atoms with van der Waals surface area (Å²) in [6.45, 7) is 4.64. The van der Waals surface area contributed by atoms with Gasteiger partial charge in [-0.3, -0.25) is 0 Å². The molecule has 2 aromatic carbocycles. The molecule has 2 atom stereocenters. The Labute approximate surface area is 141 Å². The van der Waals surface area contributed by atoms with E-state index in [1.54, 1.807) is 0 Å². The van der Waals surface area contributed by atoms with Gasteiger partial charge in [0, 0.05) is 10.5 Å². The van der Waals surface area contributed by atoms with Crippen molar-refractivity contribution in [2.75, 3.05) is 12.5 Å². The van der Waals surface area contributed by atoms with Gasteiger partial charge >= 0.3 is 0 Å². The number of benzene rings is 2. The summed E-state index contributed by atoms with van der Waals surface area (Å²) in [5.74, 6) is 0. The Kier molecular flexibility index (Phi) is 3.32. The highest BCUT2D eigenvalue weighted by Crippen LogP contribution is 2.72. The SMILES string of the molecule is CC1=Cc2ccccc2C1S(C)(C)C1C(C)=Cc2ccccc21. The second-order valence-corrected chi connectivity index (χ2v) is 11.2. The van der Waals surface area contributed by atoms with Gasteiger partial charge in [-0.15, -0.1) is 0 Å². The minimum absolute atomic E-state index is 0.568. The molecule has 0 N–H and O–H groups in total. The molecule has 0 aliphatic heterocycles. The van der Waals surface area contributed by atoms with Gasteiger partial charge in [-0.1, -0.05) is 71.8 Å². The molecule has 2 aliphatic rings. The molecule has 0 nitrogen and oxygen atoms in total. The van der Waals surface area contributed by atoms with Gasteiger partial charge in [0.1, 0.15) is 0 Å². The van der Waals surface area contributed by atoms with Gasteiger partial charge in [-0.25, -0.2) is 10.0 Å². The van der Waals surface area contributed by atoms with Crippen LogP contribution >= 0.6 is 10.0 Å². The molecule has 0 fully saturated rings. The molecule has 0 amide bonds. The zero-order valence-electron chi connectivity index (χ0n) is 14.3. The maximum atomic E-state index is 2.53. The fourth-order valence-electron chi connectivity index (χ4n) is 4.64. The topological polar surface area (TPSA) is 0 Å². The molecule has 0 spiro atoms. The Hall–Kier alpha value is -1.73. The molecule has 0 aromatic heterocycles. The van der Waals surface area contributed by atoms with Crippen LogP contribution in [0.15, 0.2) is 59.7 Å². The summed E-state index contributed by atoms with van der Waals surface area (Å²) in [6, 6.07) is 17.9. The first-order valence-electron chi connectivity index (χ1n) is 8.25. The second kappa shape index (κ2) is 5.14. The van der Waals surface area contributed by atoms with Crippen molar-refractivity contribution in [1.82, 2.24) is 0 Å². The van der Waals surface area contributed by atoms with E-state index in [4.69, 9.17) is 0 Å². The minimum Gasteiger partial charge on any atom is -0.226 e. The van der Waals surface area contributed by atoms with Crippen LogP contribution in [0.3, 0.4) is 0 Å². The fraction of sp³-hybridized carbons (Fsp3) is 0.273. The lowest BCUT2D eigenvalue weighted by Gasteiger charge is -2.46. The first kappa shape index (κ1) is 14.8. The van der Waals surface area contributed by atoms with Crippen molar-refractivity contribution in [3.8, 4) is 0 Å². The van der Waals surface area contributed by atoms with Gasteiger partial charge in [0.15, 0.2) is 0 Å². The zero-order chi connectivity index (χ0) is 16.2. The molecule has 0 heterocycles. The Morgan fingerprint density at radius 2 is 1.04 bits per heavy atom. The van der Waals surface area contributed by atoms with Crippen LogP contribution in [-0.2, 0) is 0 Å². The van der Waals surface area contributed by atoms with E-state index in [0.717, 1.165) is 0 Å². The normalized spacial score (nSPS) is 23.1. The van der Waals surface area contributed by atoms with Crippen LogP contribution in [0.5, 0.6) is 0 Å². The molecule has 118 valence electrons. The molecule has 2 aliphatic carbocycles. The fourth-order valence-corrected chi connectivity index (χ4v) is 8.71. The van der Waals surface area contributed by atoms with Gasteiger partial charge < -0.3 is 0 Å². The summed E-state index contributed by atoms with van der Waals surface area (Å²) in [5.41, 5.74) is 8.96.